The first-order chi connectivity index (χ1) is 9.27. The van der Waals surface area contributed by atoms with Crippen molar-refractivity contribution in [3.63, 3.8) is 0 Å². The second-order valence-electron chi connectivity index (χ2n) is 4.65. The lowest BCUT2D eigenvalue weighted by Gasteiger charge is -2.46. The zero-order valence-electron chi connectivity index (χ0n) is 10.4. The summed E-state index contributed by atoms with van der Waals surface area (Å²) < 4.78 is 39.4. The summed E-state index contributed by atoms with van der Waals surface area (Å²) in [6.45, 7) is 0.173. The van der Waals surface area contributed by atoms with E-state index >= 15 is 0 Å². The molecule has 1 aliphatic heterocycles. The normalized spacial score (nSPS) is 27.4. The molecule has 1 aromatic rings. The molecule has 1 aromatic heterocycles. The second-order valence-corrected chi connectivity index (χ2v) is 4.65. The highest BCUT2D eigenvalue weighted by Crippen LogP contribution is 2.42. The van der Waals surface area contributed by atoms with Crippen molar-refractivity contribution in [3.05, 3.63) is 24.5 Å². The molecule has 2 atom stereocenters. The van der Waals surface area contributed by atoms with E-state index in [0.717, 1.165) is 4.90 Å². The van der Waals surface area contributed by atoms with Crippen LogP contribution in [-0.2, 0) is 4.79 Å². The Labute approximate surface area is 113 Å². The Hall–Kier alpha value is -1.83. The number of carbonyl (C=O) groups excluding carboxylic acids is 1. The van der Waals surface area contributed by atoms with Crippen molar-refractivity contribution in [2.45, 2.75) is 30.7 Å². The van der Waals surface area contributed by atoms with Crippen LogP contribution in [-0.4, -0.2) is 40.4 Å². The van der Waals surface area contributed by atoms with E-state index in [4.69, 9.17) is 5.73 Å². The fourth-order valence-corrected chi connectivity index (χ4v) is 2.47. The van der Waals surface area contributed by atoms with E-state index < -0.39 is 30.1 Å². The molecule has 20 heavy (non-hydrogen) atoms. The average Bonchev–Trinajstić information content (AvgIpc) is 2.37. The minimum atomic E-state index is -4.95. The maximum absolute atomic E-state index is 13.1. The third kappa shape index (κ3) is 2.31. The van der Waals surface area contributed by atoms with Gasteiger partial charge in [-0.25, -0.2) is 0 Å². The molecular weight excluding hydrogens is 275 g/mol. The van der Waals surface area contributed by atoms with Crippen molar-refractivity contribution in [2.75, 3.05) is 11.4 Å². The number of alkyl halides is 3. The lowest BCUT2D eigenvalue weighted by atomic mass is 9.83. The number of rotatable bonds is 2. The SMILES string of the molecule is NC(=O)C1N(c2[c]cncc2)CCCC1(O)C(F)(F)F. The molecule has 1 amide bonds. The van der Waals surface area contributed by atoms with Crippen molar-refractivity contribution in [1.29, 1.82) is 0 Å². The molecule has 5 nitrogen and oxygen atoms in total. The lowest BCUT2D eigenvalue weighted by molar-refractivity contribution is -0.271. The highest BCUT2D eigenvalue weighted by atomic mass is 19.4. The predicted molar refractivity (Wildman–Crippen MR) is 63.6 cm³/mol. The van der Waals surface area contributed by atoms with E-state index in [9.17, 15) is 23.1 Å². The third-order valence-corrected chi connectivity index (χ3v) is 3.40. The number of amides is 1. The van der Waals surface area contributed by atoms with Crippen LogP contribution in [0.1, 0.15) is 12.8 Å². The van der Waals surface area contributed by atoms with E-state index in [1.54, 1.807) is 0 Å². The van der Waals surface area contributed by atoms with Crippen LogP contribution in [0, 0.1) is 6.07 Å². The van der Waals surface area contributed by atoms with Gasteiger partial charge in [-0.15, -0.1) is 0 Å². The Kier molecular flexibility index (Phi) is 3.59. The van der Waals surface area contributed by atoms with Gasteiger partial charge in [-0.05, 0) is 18.9 Å². The van der Waals surface area contributed by atoms with Crippen LogP contribution in [0.2, 0.25) is 0 Å². The molecule has 8 heteroatoms. The predicted octanol–water partition coefficient (Wildman–Crippen LogP) is 0.629. The molecule has 1 saturated heterocycles. The van der Waals surface area contributed by atoms with Gasteiger partial charge < -0.3 is 15.7 Å². The topological polar surface area (TPSA) is 79.5 Å². The van der Waals surface area contributed by atoms with Crippen molar-refractivity contribution in [3.8, 4) is 0 Å². The average molecular weight is 288 g/mol. The maximum atomic E-state index is 13.1. The summed E-state index contributed by atoms with van der Waals surface area (Å²) in [6.07, 6.45) is -2.79. The standard InChI is InChI=1S/C12H13F3N3O2/c13-12(14,15)11(20)4-1-7-18(9(11)10(16)19)8-2-5-17-6-3-8/h2,5-6,9,20H,1,4,7H2,(H2,16,19). The number of pyridine rings is 1. The van der Waals surface area contributed by atoms with Crippen LogP contribution in [0.25, 0.3) is 0 Å². The third-order valence-electron chi connectivity index (χ3n) is 3.40. The summed E-state index contributed by atoms with van der Waals surface area (Å²) in [4.78, 5) is 16.3. The number of anilines is 1. The van der Waals surface area contributed by atoms with Crippen LogP contribution < -0.4 is 10.6 Å². The van der Waals surface area contributed by atoms with E-state index in [1.807, 2.05) is 0 Å². The Morgan fingerprint density at radius 3 is 2.80 bits per heavy atom. The van der Waals surface area contributed by atoms with Crippen molar-refractivity contribution >= 4 is 11.6 Å². The van der Waals surface area contributed by atoms with Crippen molar-refractivity contribution in [2.24, 2.45) is 5.73 Å². The molecule has 2 unspecified atom stereocenters. The van der Waals surface area contributed by atoms with Gasteiger partial charge in [0.1, 0.15) is 6.04 Å². The second kappa shape index (κ2) is 4.93. The molecule has 3 N–H and O–H groups in total. The first-order valence-electron chi connectivity index (χ1n) is 5.94. The molecule has 1 fully saturated rings. The minimum Gasteiger partial charge on any atom is -0.378 e. The minimum absolute atomic E-state index is 0.0793. The number of piperidine rings is 1. The Bertz CT molecular complexity index is 494. The van der Waals surface area contributed by atoms with Gasteiger partial charge in [0.05, 0.1) is 0 Å². The van der Waals surface area contributed by atoms with Gasteiger partial charge >= 0.3 is 6.18 Å². The Balaban J connectivity index is 2.46. The number of nitrogens with zero attached hydrogens (tertiary/aromatic N) is 2. The number of halogens is 3. The van der Waals surface area contributed by atoms with Crippen molar-refractivity contribution < 1.29 is 23.1 Å². The fraction of sp³-hybridized carbons (Fsp3) is 0.500. The molecule has 1 aliphatic rings. The summed E-state index contributed by atoms with van der Waals surface area (Å²) in [5, 5.41) is 9.97. The molecule has 2 heterocycles. The molecule has 0 aromatic carbocycles. The number of carbonyl (C=O) groups is 1. The molecule has 109 valence electrons. The number of nitrogens with two attached hydrogens (primary N) is 1. The lowest BCUT2D eigenvalue weighted by Crippen LogP contribution is -2.68. The highest BCUT2D eigenvalue weighted by Gasteiger charge is 2.63. The molecule has 0 bridgehead atoms. The van der Waals surface area contributed by atoms with Gasteiger partial charge in [-0.3, -0.25) is 9.78 Å². The maximum Gasteiger partial charge on any atom is 0.419 e. The smallest absolute Gasteiger partial charge is 0.378 e. The summed E-state index contributed by atoms with van der Waals surface area (Å²) in [7, 11) is 0. The first-order valence-corrected chi connectivity index (χ1v) is 5.94. The van der Waals surface area contributed by atoms with E-state index in [-0.39, 0.29) is 18.7 Å². The summed E-state index contributed by atoms with van der Waals surface area (Å²) >= 11 is 0. The number of primary amides is 1. The Morgan fingerprint density at radius 2 is 2.30 bits per heavy atom. The zero-order valence-corrected chi connectivity index (χ0v) is 10.4. The van der Waals surface area contributed by atoms with Gasteiger partial charge in [0, 0.05) is 30.7 Å². The number of aliphatic hydroxyl groups is 1. The summed E-state index contributed by atoms with van der Waals surface area (Å²) in [5.74, 6) is -1.23. The first kappa shape index (κ1) is 14.6. The number of hydrogen-bond acceptors (Lipinski definition) is 4. The van der Waals surface area contributed by atoms with Crippen LogP contribution >= 0.6 is 0 Å². The monoisotopic (exact) mass is 288 g/mol. The van der Waals surface area contributed by atoms with E-state index in [1.165, 1.54) is 18.5 Å². The molecular formula is C12H13F3N3O2. The molecule has 1 radical (unpaired) electrons. The number of hydrogen-bond donors (Lipinski definition) is 2. The van der Waals surface area contributed by atoms with Crippen LogP contribution in [0.15, 0.2) is 18.5 Å². The zero-order chi connectivity index (χ0) is 15.0. The largest absolute Gasteiger partial charge is 0.419 e. The van der Waals surface area contributed by atoms with Gasteiger partial charge in [-0.1, -0.05) is 0 Å². The quantitative estimate of drug-likeness (QED) is 0.836. The van der Waals surface area contributed by atoms with Gasteiger partial charge in [0.25, 0.3) is 0 Å². The fourth-order valence-electron chi connectivity index (χ4n) is 2.47. The molecule has 0 spiro atoms. The van der Waals surface area contributed by atoms with Crippen LogP contribution in [0.5, 0.6) is 0 Å². The van der Waals surface area contributed by atoms with Gasteiger partial charge in [-0.2, -0.15) is 13.2 Å². The van der Waals surface area contributed by atoms with Gasteiger partial charge in [0.15, 0.2) is 5.60 Å². The van der Waals surface area contributed by atoms with E-state index in [0.29, 0.717) is 0 Å². The summed E-state index contributed by atoms with van der Waals surface area (Å²) in [6, 6.07) is 2.18. The Morgan fingerprint density at radius 1 is 1.60 bits per heavy atom. The molecule has 0 saturated carbocycles. The van der Waals surface area contributed by atoms with Crippen molar-refractivity contribution in [1.82, 2.24) is 4.98 Å². The van der Waals surface area contributed by atoms with Gasteiger partial charge in [0.2, 0.25) is 5.91 Å². The molecule has 0 aliphatic carbocycles. The molecule has 2 rings (SSSR count). The number of aromatic nitrogens is 1. The summed E-state index contributed by atoms with van der Waals surface area (Å²) in [5.41, 5.74) is 2.18. The van der Waals surface area contributed by atoms with Crippen LogP contribution in [0.3, 0.4) is 0 Å². The van der Waals surface area contributed by atoms with E-state index in [2.05, 4.69) is 11.1 Å². The highest BCUT2D eigenvalue weighted by molar-refractivity contribution is 5.85. The van der Waals surface area contributed by atoms with Crippen LogP contribution in [0.4, 0.5) is 18.9 Å².